The van der Waals surface area contributed by atoms with Crippen molar-refractivity contribution >= 4 is 52.4 Å². The number of fused-ring (bicyclic) bond motifs is 6. The van der Waals surface area contributed by atoms with Gasteiger partial charge in [0.05, 0.1) is 24.6 Å². The summed E-state index contributed by atoms with van der Waals surface area (Å²) in [4.78, 5) is 8.94. The van der Waals surface area contributed by atoms with E-state index in [4.69, 9.17) is 35.2 Å². The number of hydrogen-bond acceptors (Lipinski definition) is 8. The predicted molar refractivity (Wildman–Crippen MR) is 241 cm³/mol. The first kappa shape index (κ1) is 49.7. The molecule has 2 aliphatic carbocycles. The minimum absolute atomic E-state index is 0. The number of nitrogens with zero attached hydrogens (tertiary/aromatic N) is 9. The van der Waals surface area contributed by atoms with Gasteiger partial charge in [-0.1, -0.05) is 32.3 Å². The number of tetrazole rings is 1. The van der Waals surface area contributed by atoms with Gasteiger partial charge in [-0.05, 0) is 95.2 Å². The van der Waals surface area contributed by atoms with Crippen LogP contribution < -0.4 is 0 Å². The van der Waals surface area contributed by atoms with Crippen LogP contribution in [0, 0.1) is 44.1 Å². The topological polar surface area (TPSA) is 186 Å². The average Bonchev–Trinajstić information content (AvgIpc) is 3.67. The molecule has 63 heavy (non-hydrogen) atoms. The van der Waals surface area contributed by atoms with Crippen molar-refractivity contribution < 1.29 is 20.6 Å². The van der Waals surface area contributed by atoms with E-state index in [1.54, 1.807) is 0 Å². The summed E-state index contributed by atoms with van der Waals surface area (Å²) in [5.74, 6) is -0.773. The molecule has 2 aliphatic heterocycles. The molecule has 13 nitrogen and oxygen atoms in total. The molecule has 0 bridgehead atoms. The largest absolute Gasteiger partial charge is 0.334 e. The number of halogens is 4. The Morgan fingerprint density at radius 2 is 1.40 bits per heavy atom. The molecule has 5 aromatic rings. The Labute approximate surface area is 383 Å². The van der Waals surface area contributed by atoms with Gasteiger partial charge in [-0.25, -0.2) is 17.6 Å². The minimum Gasteiger partial charge on any atom is -0.334 e. The zero-order valence-corrected chi connectivity index (χ0v) is 40.9. The van der Waals surface area contributed by atoms with E-state index in [1.807, 2.05) is 28.8 Å². The van der Waals surface area contributed by atoms with Crippen LogP contribution in [0.1, 0.15) is 111 Å². The van der Waals surface area contributed by atoms with Gasteiger partial charge in [0, 0.05) is 52.8 Å². The maximum atomic E-state index is 14.3. The van der Waals surface area contributed by atoms with E-state index in [0.717, 1.165) is 56.6 Å². The molecule has 0 spiro atoms. The number of nitrogens with one attached hydrogen (secondary N) is 3. The summed E-state index contributed by atoms with van der Waals surface area (Å²) in [6, 6.07) is 9.38. The maximum absolute atomic E-state index is 14.3. The Balaban J connectivity index is 0.000000175. The van der Waals surface area contributed by atoms with Crippen LogP contribution in [0.15, 0.2) is 41.2 Å². The Morgan fingerprint density at radius 1 is 0.905 bits per heavy atom. The summed E-state index contributed by atoms with van der Waals surface area (Å²) in [5, 5.41) is 22.8. The number of H-pyrrole nitrogens is 3. The van der Waals surface area contributed by atoms with Crippen molar-refractivity contribution in [3.8, 4) is 6.07 Å². The number of aromatic nitrogens is 8. The fourth-order valence-electron chi connectivity index (χ4n) is 8.71. The Hall–Kier alpha value is -4.29. The summed E-state index contributed by atoms with van der Waals surface area (Å²) in [6.07, 6.45) is 7.10. The number of unbranched alkanes of at least 4 members (excludes halogenated alkanes) is 2. The van der Waals surface area contributed by atoms with Crippen molar-refractivity contribution in [3.05, 3.63) is 119 Å². The number of azide groups is 1. The van der Waals surface area contributed by atoms with Gasteiger partial charge in [0.1, 0.15) is 31.5 Å². The molecule has 0 radical (unpaired) electrons. The number of aromatic amines is 3. The summed E-state index contributed by atoms with van der Waals surface area (Å²) in [5.41, 5.74) is 11.7. The van der Waals surface area contributed by atoms with E-state index in [9.17, 15) is 20.6 Å². The van der Waals surface area contributed by atoms with Crippen molar-refractivity contribution in [3.63, 3.8) is 0 Å². The van der Waals surface area contributed by atoms with Crippen LogP contribution in [-0.4, -0.2) is 67.7 Å². The van der Waals surface area contributed by atoms with Crippen LogP contribution in [0.25, 0.3) is 10.4 Å². The van der Waals surface area contributed by atoms with Crippen molar-refractivity contribution in [2.75, 3.05) is 0 Å². The molecular weight excluding hydrogens is 975 g/mol. The first-order chi connectivity index (χ1) is 29.5. The molecule has 2 saturated carbocycles. The van der Waals surface area contributed by atoms with Crippen LogP contribution in [0.2, 0.25) is 28.5 Å². The second kappa shape index (κ2) is 20.7. The van der Waals surface area contributed by atoms with Gasteiger partial charge in [-0.15, -0.1) is 15.0 Å². The second-order valence-electron chi connectivity index (χ2n) is 17.3. The molecule has 2 fully saturated rings. The quantitative estimate of drug-likeness (QED) is 0.0277. The summed E-state index contributed by atoms with van der Waals surface area (Å²) in [7, 11) is -1.45. The minimum atomic E-state index is -1.99. The molecule has 4 aliphatic rings. The van der Waals surface area contributed by atoms with Crippen molar-refractivity contribution in [2.45, 2.75) is 137 Å². The van der Waals surface area contributed by atoms with Gasteiger partial charge in [0.15, 0.2) is 15.4 Å². The molecular formula is C42H54F4N12OS2SiSn. The zero-order valence-electron chi connectivity index (χ0n) is 35.4. The average molecular weight is 1030 g/mol. The van der Waals surface area contributed by atoms with E-state index in [0.29, 0.717) is 46.0 Å². The van der Waals surface area contributed by atoms with Crippen LogP contribution >= 0.6 is 24.4 Å². The van der Waals surface area contributed by atoms with Gasteiger partial charge in [-0.3, -0.25) is 0 Å². The third kappa shape index (κ3) is 11.0. The fourth-order valence-corrected chi connectivity index (χ4v) is 14.5. The van der Waals surface area contributed by atoms with Gasteiger partial charge >= 0.3 is 71.2 Å². The first-order valence-corrected chi connectivity index (χ1v) is 30.2. The molecule has 4 atom stereocenters. The molecule has 9 rings (SSSR count). The summed E-state index contributed by atoms with van der Waals surface area (Å²) < 4.78 is 77.5. The monoisotopic (exact) mass is 1030 g/mol. The van der Waals surface area contributed by atoms with Gasteiger partial charge in [0.25, 0.3) is 0 Å². The molecule has 2 aromatic carbocycles. The van der Waals surface area contributed by atoms with E-state index in [2.05, 4.69) is 60.2 Å². The Morgan fingerprint density at radius 3 is 1.81 bits per heavy atom. The van der Waals surface area contributed by atoms with Crippen LogP contribution in [-0.2, 0) is 39.8 Å². The van der Waals surface area contributed by atoms with Crippen molar-refractivity contribution in [2.24, 2.45) is 4.78 Å². The normalized spacial score (nSPS) is 20.3. The molecule has 21 heteroatoms. The molecule has 0 saturated heterocycles. The first-order valence-electron chi connectivity index (χ1n) is 20.7. The van der Waals surface area contributed by atoms with Gasteiger partial charge < -0.3 is 19.1 Å². The fraction of sp³-hybridized carbons (Fsp3) is 0.524. The number of imidazole rings is 2. The smallest absolute Gasteiger partial charge is 0.180 e. The third-order valence-electron chi connectivity index (χ3n) is 11.8. The Kier molecular flexibility index (Phi) is 16.3. The number of hydrogen-bond donors (Lipinski definition) is 3. The van der Waals surface area contributed by atoms with Gasteiger partial charge in [-0.2, -0.15) is 10.5 Å². The number of benzene rings is 2. The Bertz CT molecular complexity index is 2640. The van der Waals surface area contributed by atoms with Gasteiger partial charge in [0.2, 0.25) is 0 Å². The standard InChI is InChI=1S/C15H12F2N6S.C15H11F2N3S.2C4H9.C3H9N3Si.CH4.O.Sn/c16-7-1-2-10(17)8(3-7)15-5-9(15)13-11(4-12-19-21-22-20-12)18-14(24)23(13)6-15;16-8-1-2-11(17)9(5-8)15-6-10(15)13-12(3-4-18)19-14(21)20(13)7-15;2*1-3-4-2;1-7(2,3)6-5-4;;;/h1-3,9H,4-6H2,(H,18,24)(H,19,20,21,22);1-2,5,10H,3,6-7H2,(H,19,21);2*1,3-4H2,2H3;1-3H3;1H4;;/t9-,15+;10-,15+;;;;;;/m00....../s1. The molecule has 5 heterocycles. The summed E-state index contributed by atoms with van der Waals surface area (Å²) in [6.45, 7) is 11.4. The van der Waals surface area contributed by atoms with Crippen LogP contribution in [0.5, 0.6) is 0 Å². The second-order valence-corrected chi connectivity index (χ2v) is 28.5. The zero-order chi connectivity index (χ0) is 45.0. The SMILES string of the molecule is C.CCC[CH2][Sn](=[O])[CH2]CCC.C[Si](C)(C)N=[N+]=[N-].Fc1ccc(F)c([C@]23C[C@H]2c2c(Cc4nn[nH]n4)[nH]c(=S)n2C3)c1.N#CCc1[nH]c(=S)n2c1[C@@H]1C[C@]1(c1cc(F)ccc1F)C2. The molecule has 0 amide bonds. The van der Waals surface area contributed by atoms with Crippen LogP contribution in [0.4, 0.5) is 17.6 Å². The van der Waals surface area contributed by atoms with E-state index in [-0.39, 0.29) is 37.3 Å². The molecule has 336 valence electrons. The van der Waals surface area contributed by atoms with E-state index in [1.165, 1.54) is 49.9 Å². The number of nitriles is 1. The molecule has 0 unspecified atom stereocenters. The third-order valence-corrected chi connectivity index (χ3v) is 18.3. The maximum Gasteiger partial charge on any atom is 0.180 e. The van der Waals surface area contributed by atoms with Crippen molar-refractivity contribution in [1.82, 2.24) is 39.7 Å². The summed E-state index contributed by atoms with van der Waals surface area (Å²) >= 11 is 8.69. The van der Waals surface area contributed by atoms with E-state index < -0.39 is 50.4 Å². The molecule has 3 aromatic heterocycles. The van der Waals surface area contributed by atoms with Crippen molar-refractivity contribution in [1.29, 1.82) is 5.26 Å². The molecule has 3 N–H and O–H groups in total. The predicted octanol–water partition coefficient (Wildman–Crippen LogP) is 11.5. The van der Waals surface area contributed by atoms with E-state index >= 15 is 0 Å². The number of rotatable bonds is 12. The van der Waals surface area contributed by atoms with Crippen LogP contribution in [0.3, 0.4) is 0 Å².